The number of nitrogens with one attached hydrogen (secondary N) is 1. The summed E-state index contributed by atoms with van der Waals surface area (Å²) in [4.78, 5) is 24.6. The first-order chi connectivity index (χ1) is 10.0. The number of piperidine rings is 1. The van der Waals surface area contributed by atoms with Crippen LogP contribution in [0.4, 0.5) is 14.9 Å². The molecule has 0 saturated carbocycles. The van der Waals surface area contributed by atoms with Crippen LogP contribution in [-0.2, 0) is 4.79 Å². The number of rotatable bonds is 3. The summed E-state index contributed by atoms with van der Waals surface area (Å²) in [5.41, 5.74) is 0.257. The Hall–Kier alpha value is -2.31. The number of halogens is 1. The molecule has 1 aromatic carbocycles. The normalized spacial score (nSPS) is 18.2. The van der Waals surface area contributed by atoms with E-state index in [1.165, 1.54) is 24.1 Å². The molecule has 114 valence electrons. The third kappa shape index (κ3) is 3.42. The molecular weight excluding hydrogens is 279 g/mol. The lowest BCUT2D eigenvalue weighted by Gasteiger charge is -2.32. The first-order valence-electron chi connectivity index (χ1n) is 6.67. The minimum atomic E-state index is -1.02. The zero-order valence-corrected chi connectivity index (χ0v) is 11.6. The van der Waals surface area contributed by atoms with E-state index in [0.29, 0.717) is 13.0 Å². The van der Waals surface area contributed by atoms with E-state index in [2.05, 4.69) is 5.32 Å². The molecule has 1 aliphatic rings. The molecule has 1 fully saturated rings. The van der Waals surface area contributed by atoms with Gasteiger partial charge in [-0.1, -0.05) is 0 Å². The van der Waals surface area contributed by atoms with Gasteiger partial charge in [0.15, 0.2) is 11.6 Å². The number of amides is 2. The van der Waals surface area contributed by atoms with Crippen molar-refractivity contribution in [1.82, 2.24) is 4.90 Å². The first kappa shape index (κ1) is 15.1. The summed E-state index contributed by atoms with van der Waals surface area (Å²) in [5.74, 6) is -1.54. The third-order valence-electron chi connectivity index (χ3n) is 3.45. The van der Waals surface area contributed by atoms with Crippen LogP contribution in [0, 0.1) is 5.82 Å². The number of urea groups is 1. The predicted molar refractivity (Wildman–Crippen MR) is 74.0 cm³/mol. The van der Waals surface area contributed by atoms with Gasteiger partial charge in [0, 0.05) is 18.3 Å². The molecule has 0 aliphatic carbocycles. The molecule has 1 saturated heterocycles. The van der Waals surface area contributed by atoms with E-state index in [1.54, 1.807) is 0 Å². The number of carboxylic acid groups (broad SMARTS) is 1. The van der Waals surface area contributed by atoms with Crippen molar-refractivity contribution in [3.8, 4) is 5.75 Å². The summed E-state index contributed by atoms with van der Waals surface area (Å²) in [6, 6.07) is 2.67. The van der Waals surface area contributed by atoms with Crippen LogP contribution in [0.25, 0.3) is 0 Å². The maximum atomic E-state index is 13.6. The zero-order valence-electron chi connectivity index (χ0n) is 11.6. The number of carbonyl (C=O) groups excluding carboxylic acids is 1. The number of carbonyl (C=O) groups is 2. The monoisotopic (exact) mass is 296 g/mol. The maximum absolute atomic E-state index is 13.6. The number of nitrogens with zero attached hydrogens (tertiary/aromatic N) is 1. The van der Waals surface area contributed by atoms with Gasteiger partial charge in [-0.3, -0.25) is 0 Å². The van der Waals surface area contributed by atoms with Gasteiger partial charge in [0.1, 0.15) is 6.04 Å². The van der Waals surface area contributed by atoms with E-state index in [1.807, 2.05) is 0 Å². The maximum Gasteiger partial charge on any atom is 0.326 e. The molecule has 1 heterocycles. The van der Waals surface area contributed by atoms with E-state index in [0.717, 1.165) is 18.9 Å². The second kappa shape index (κ2) is 6.43. The van der Waals surface area contributed by atoms with E-state index in [-0.39, 0.29) is 11.4 Å². The van der Waals surface area contributed by atoms with E-state index < -0.39 is 23.9 Å². The second-order valence-corrected chi connectivity index (χ2v) is 4.82. The average molecular weight is 296 g/mol. The van der Waals surface area contributed by atoms with Crippen molar-refractivity contribution in [2.45, 2.75) is 25.3 Å². The molecule has 2 rings (SSSR count). The first-order valence-corrected chi connectivity index (χ1v) is 6.67. The van der Waals surface area contributed by atoms with Gasteiger partial charge >= 0.3 is 12.0 Å². The van der Waals surface area contributed by atoms with Gasteiger partial charge in [-0.2, -0.15) is 0 Å². The van der Waals surface area contributed by atoms with Gasteiger partial charge in [-0.05, 0) is 31.4 Å². The van der Waals surface area contributed by atoms with Crippen LogP contribution in [0.15, 0.2) is 18.2 Å². The van der Waals surface area contributed by atoms with Gasteiger partial charge in [0.05, 0.1) is 7.11 Å². The number of anilines is 1. The Morgan fingerprint density at radius 1 is 1.43 bits per heavy atom. The van der Waals surface area contributed by atoms with Crippen LogP contribution in [-0.4, -0.2) is 41.7 Å². The Balaban J connectivity index is 2.09. The van der Waals surface area contributed by atoms with Crippen molar-refractivity contribution in [3.63, 3.8) is 0 Å². The van der Waals surface area contributed by atoms with E-state index in [9.17, 15) is 14.0 Å². The third-order valence-corrected chi connectivity index (χ3v) is 3.45. The minimum Gasteiger partial charge on any atom is -0.494 e. The lowest BCUT2D eigenvalue weighted by Crippen LogP contribution is -2.49. The fraction of sp³-hybridized carbons (Fsp3) is 0.429. The number of hydrogen-bond acceptors (Lipinski definition) is 3. The molecule has 2 N–H and O–H groups in total. The summed E-state index contributed by atoms with van der Waals surface area (Å²) in [7, 11) is 1.35. The molecular formula is C14H17FN2O4. The second-order valence-electron chi connectivity index (χ2n) is 4.82. The fourth-order valence-electron chi connectivity index (χ4n) is 2.37. The van der Waals surface area contributed by atoms with E-state index >= 15 is 0 Å². The van der Waals surface area contributed by atoms with Crippen molar-refractivity contribution in [2.24, 2.45) is 0 Å². The molecule has 6 nitrogen and oxygen atoms in total. The van der Waals surface area contributed by atoms with Crippen molar-refractivity contribution < 1.29 is 23.8 Å². The number of hydrogen-bond donors (Lipinski definition) is 2. The van der Waals surface area contributed by atoms with Crippen LogP contribution < -0.4 is 10.1 Å². The Morgan fingerprint density at radius 3 is 2.81 bits per heavy atom. The summed E-state index contributed by atoms with van der Waals surface area (Å²) >= 11 is 0. The summed E-state index contributed by atoms with van der Waals surface area (Å²) in [6.45, 7) is 0.376. The van der Waals surface area contributed by atoms with Gasteiger partial charge in [-0.25, -0.2) is 14.0 Å². The highest BCUT2D eigenvalue weighted by Gasteiger charge is 2.31. The lowest BCUT2D eigenvalue weighted by atomic mass is 10.0. The summed E-state index contributed by atoms with van der Waals surface area (Å²) in [6.07, 6.45) is 1.96. The lowest BCUT2D eigenvalue weighted by molar-refractivity contribution is -0.143. The molecule has 1 unspecified atom stereocenters. The predicted octanol–water partition coefficient (Wildman–Crippen LogP) is 2.31. The van der Waals surface area contributed by atoms with Crippen molar-refractivity contribution in [3.05, 3.63) is 24.0 Å². The Labute approximate surface area is 121 Å². The zero-order chi connectivity index (χ0) is 15.4. The largest absolute Gasteiger partial charge is 0.494 e. The summed E-state index contributed by atoms with van der Waals surface area (Å²) in [5, 5.41) is 11.7. The van der Waals surface area contributed by atoms with Gasteiger partial charge < -0.3 is 20.1 Å². The Morgan fingerprint density at radius 2 is 2.19 bits per heavy atom. The smallest absolute Gasteiger partial charge is 0.326 e. The Bertz CT molecular complexity index is 550. The number of methoxy groups -OCH3 is 1. The quantitative estimate of drug-likeness (QED) is 0.897. The molecule has 0 aromatic heterocycles. The molecule has 2 amide bonds. The Kier molecular flexibility index (Phi) is 4.62. The highest BCUT2D eigenvalue weighted by molar-refractivity contribution is 5.92. The van der Waals surface area contributed by atoms with Crippen molar-refractivity contribution >= 4 is 17.7 Å². The molecule has 1 aromatic rings. The SMILES string of the molecule is COc1ccc(NC(=O)N2CCCCC2C(=O)O)cc1F. The van der Waals surface area contributed by atoms with Crippen LogP contribution in [0.3, 0.4) is 0 Å². The molecule has 1 aliphatic heterocycles. The van der Waals surface area contributed by atoms with Gasteiger partial charge in [0.2, 0.25) is 0 Å². The number of likely N-dealkylation sites (tertiary alicyclic amines) is 1. The van der Waals surface area contributed by atoms with Crippen LogP contribution in [0.1, 0.15) is 19.3 Å². The standard InChI is InChI=1S/C14H17FN2O4/c1-21-12-6-5-9(8-10(12)15)16-14(20)17-7-3-2-4-11(17)13(18)19/h5-6,8,11H,2-4,7H2,1H3,(H,16,20)(H,18,19). The fourth-order valence-corrected chi connectivity index (χ4v) is 2.37. The number of carboxylic acids is 1. The number of ether oxygens (including phenoxy) is 1. The molecule has 1 atom stereocenters. The number of aliphatic carboxylic acids is 1. The molecule has 0 spiro atoms. The molecule has 21 heavy (non-hydrogen) atoms. The molecule has 7 heteroatoms. The van der Waals surface area contributed by atoms with E-state index in [4.69, 9.17) is 9.84 Å². The average Bonchev–Trinajstić information content (AvgIpc) is 2.47. The number of benzene rings is 1. The van der Waals surface area contributed by atoms with Crippen LogP contribution >= 0.6 is 0 Å². The van der Waals surface area contributed by atoms with Crippen LogP contribution in [0.2, 0.25) is 0 Å². The van der Waals surface area contributed by atoms with Crippen molar-refractivity contribution in [1.29, 1.82) is 0 Å². The minimum absolute atomic E-state index is 0.0781. The highest BCUT2D eigenvalue weighted by atomic mass is 19.1. The van der Waals surface area contributed by atoms with Crippen LogP contribution in [0.5, 0.6) is 5.75 Å². The molecule has 0 radical (unpaired) electrons. The summed E-state index contributed by atoms with van der Waals surface area (Å²) < 4.78 is 18.4. The van der Waals surface area contributed by atoms with Gasteiger partial charge in [0.25, 0.3) is 0 Å². The highest BCUT2D eigenvalue weighted by Crippen LogP contribution is 2.22. The molecule has 0 bridgehead atoms. The van der Waals surface area contributed by atoms with Gasteiger partial charge in [-0.15, -0.1) is 0 Å². The van der Waals surface area contributed by atoms with Crippen molar-refractivity contribution in [2.75, 3.05) is 19.0 Å². The topological polar surface area (TPSA) is 78.9 Å².